The molecular weight excluding hydrogens is 667 g/mol. The van der Waals surface area contributed by atoms with Crippen LogP contribution in [-0.4, -0.2) is 94.2 Å². The Morgan fingerprint density at radius 1 is 1.00 bits per heavy atom. The first-order chi connectivity index (χ1) is 20.9. The van der Waals surface area contributed by atoms with Crippen LogP contribution in [0.2, 0.25) is 0 Å². The van der Waals surface area contributed by atoms with Gasteiger partial charge in [-0.15, -0.1) is 0 Å². The monoisotopic (exact) mass is 691 g/mol. The molecule has 9 atom stereocenters. The predicted octanol–water partition coefficient (Wildman–Crippen LogP) is 0.155. The molecule has 44 heavy (non-hydrogen) atoms. The third kappa shape index (κ3) is 5.36. The molecule has 0 spiro atoms. The molecule has 3 saturated heterocycles. The van der Waals surface area contributed by atoms with Gasteiger partial charge in [0.25, 0.3) is 5.56 Å². The van der Waals surface area contributed by atoms with E-state index in [0.29, 0.717) is 11.0 Å². The number of aromatic amines is 1. The van der Waals surface area contributed by atoms with E-state index in [4.69, 9.17) is 62.6 Å². The number of fused-ring (bicyclic) bond motifs is 5. The molecule has 7 N–H and O–H groups in total. The summed E-state index contributed by atoms with van der Waals surface area (Å²) < 4.78 is 53.4. The Morgan fingerprint density at radius 2 is 1.73 bits per heavy atom. The summed E-state index contributed by atoms with van der Waals surface area (Å²) in [5.74, 6) is 0.0431. The van der Waals surface area contributed by atoms with E-state index in [1.54, 1.807) is 16.8 Å². The van der Waals surface area contributed by atoms with Gasteiger partial charge in [-0.1, -0.05) is 0 Å². The van der Waals surface area contributed by atoms with E-state index in [2.05, 4.69) is 24.9 Å². The van der Waals surface area contributed by atoms with Gasteiger partial charge in [0, 0.05) is 6.20 Å². The maximum absolute atomic E-state index is 15.9. The molecule has 4 aromatic rings. The Labute approximate surface area is 255 Å². The van der Waals surface area contributed by atoms with Crippen LogP contribution in [0.5, 0.6) is 0 Å². The van der Waals surface area contributed by atoms with Gasteiger partial charge >= 0.3 is 13.4 Å². The Bertz CT molecular complexity index is 1910. The largest absolute Gasteiger partial charge is 0.383 e. The number of nitrogens with zero attached hydrogens (tertiary/aromatic N) is 6. The van der Waals surface area contributed by atoms with Crippen LogP contribution < -0.4 is 17.0 Å². The zero-order valence-corrected chi connectivity index (χ0v) is 25.6. The number of H-pyrrole nitrogens is 1. The minimum Gasteiger partial charge on any atom is -0.383 e. The molecule has 0 aliphatic carbocycles. The molecular formula is C21H24FN9O9P2S2. The third-order valence-corrected chi connectivity index (χ3v) is 10.5. The molecule has 0 amide bonds. The Morgan fingerprint density at radius 3 is 2.50 bits per heavy atom. The van der Waals surface area contributed by atoms with Crippen LogP contribution in [0, 0.1) is 0 Å². The van der Waals surface area contributed by atoms with E-state index in [-0.39, 0.29) is 36.1 Å². The van der Waals surface area contributed by atoms with Gasteiger partial charge in [0.05, 0.1) is 37.6 Å². The highest BCUT2D eigenvalue weighted by molar-refractivity contribution is 8.07. The highest BCUT2D eigenvalue weighted by Crippen LogP contribution is 2.54. The molecule has 2 bridgehead atoms. The summed E-state index contributed by atoms with van der Waals surface area (Å²) in [4.78, 5) is 53.1. The highest BCUT2D eigenvalue weighted by Gasteiger charge is 2.52. The summed E-state index contributed by atoms with van der Waals surface area (Å²) in [5.41, 5.74) is 11.4. The fourth-order valence-corrected chi connectivity index (χ4v) is 8.30. The van der Waals surface area contributed by atoms with E-state index in [0.717, 1.165) is 0 Å². The second kappa shape index (κ2) is 11.1. The van der Waals surface area contributed by atoms with Crippen molar-refractivity contribution in [2.75, 3.05) is 31.3 Å². The molecule has 3 aliphatic heterocycles. The zero-order valence-electron chi connectivity index (χ0n) is 22.2. The number of imidazole rings is 1. The lowest BCUT2D eigenvalue weighted by atomic mass is 10.1. The molecule has 4 aromatic heterocycles. The van der Waals surface area contributed by atoms with Gasteiger partial charge in [0.1, 0.15) is 42.2 Å². The van der Waals surface area contributed by atoms with E-state index in [1.165, 1.54) is 17.2 Å². The minimum atomic E-state index is -4.19. The van der Waals surface area contributed by atoms with Crippen LogP contribution in [0.1, 0.15) is 12.3 Å². The van der Waals surface area contributed by atoms with Crippen LogP contribution in [0.4, 0.5) is 16.2 Å². The van der Waals surface area contributed by atoms with Gasteiger partial charge < -0.3 is 48.9 Å². The van der Waals surface area contributed by atoms with Crippen LogP contribution in [0.3, 0.4) is 0 Å². The van der Waals surface area contributed by atoms with Gasteiger partial charge in [-0.2, -0.15) is 4.98 Å². The summed E-state index contributed by atoms with van der Waals surface area (Å²) in [7, 11) is 0. The number of hydrogen-bond acceptors (Lipinski definition) is 15. The molecule has 23 heteroatoms. The summed E-state index contributed by atoms with van der Waals surface area (Å²) in [6, 6.07) is 1.11. The van der Waals surface area contributed by atoms with Crippen molar-refractivity contribution in [2.24, 2.45) is 0 Å². The molecule has 0 saturated carbocycles. The molecule has 3 aliphatic rings. The van der Waals surface area contributed by atoms with Gasteiger partial charge in [0.2, 0.25) is 5.95 Å². The third-order valence-electron chi connectivity index (χ3n) is 7.43. The maximum atomic E-state index is 15.9. The molecule has 0 radical (unpaired) electrons. The van der Waals surface area contributed by atoms with Gasteiger partial charge in [-0.25, -0.2) is 19.3 Å². The molecule has 0 aromatic carbocycles. The molecule has 7 rings (SSSR count). The van der Waals surface area contributed by atoms with Crippen molar-refractivity contribution in [1.29, 1.82) is 0 Å². The fraction of sp³-hybridized carbons (Fsp3) is 0.476. The number of halogens is 1. The van der Waals surface area contributed by atoms with Crippen LogP contribution in [-0.2, 0) is 51.2 Å². The minimum absolute atomic E-state index is 0.0414. The quantitative estimate of drug-likeness (QED) is 0.176. The molecule has 7 heterocycles. The lowest BCUT2D eigenvalue weighted by Crippen LogP contribution is -2.34. The van der Waals surface area contributed by atoms with E-state index >= 15 is 4.39 Å². The molecule has 236 valence electrons. The number of rotatable bonds is 2. The summed E-state index contributed by atoms with van der Waals surface area (Å²) in [6.45, 7) is -9.19. The average molecular weight is 692 g/mol. The number of alkyl halides is 1. The molecule has 18 nitrogen and oxygen atoms in total. The number of anilines is 2. The lowest BCUT2D eigenvalue weighted by Gasteiger charge is -2.29. The Kier molecular flexibility index (Phi) is 7.59. The Hall–Kier alpha value is -2.52. The van der Waals surface area contributed by atoms with Crippen LogP contribution in [0.25, 0.3) is 22.2 Å². The van der Waals surface area contributed by atoms with E-state index < -0.39 is 68.5 Å². The van der Waals surface area contributed by atoms with Gasteiger partial charge in [-0.05, 0) is 29.7 Å². The van der Waals surface area contributed by atoms with Crippen LogP contribution in [0.15, 0.2) is 29.7 Å². The number of nitrogen functional groups attached to an aromatic ring is 2. The number of nitrogens with one attached hydrogen (secondary N) is 1. The lowest BCUT2D eigenvalue weighted by molar-refractivity contribution is -0.0532. The second-order valence-electron chi connectivity index (χ2n) is 10.1. The van der Waals surface area contributed by atoms with Crippen molar-refractivity contribution in [2.45, 2.75) is 42.9 Å². The van der Waals surface area contributed by atoms with Crippen molar-refractivity contribution >= 4 is 71.0 Å². The first-order valence-electron chi connectivity index (χ1n) is 12.9. The fourth-order valence-electron chi connectivity index (χ4n) is 5.44. The summed E-state index contributed by atoms with van der Waals surface area (Å²) in [5, 5.41) is 0.584. The molecule has 3 unspecified atom stereocenters. The SMILES string of the molecule is Nc1nc2c(ncn2[C@@H]2O[C@@H]3COP(O)(=S)O[C@H]4C(n5ccc6c(N)ncnc65)CO[C@@H]4COP(O)(=S)O[C@@H]2[C@@H]3F)c(=O)[nH]1. The second-order valence-corrected chi connectivity index (χ2v) is 15.7. The topological polar surface area (TPSA) is 242 Å². The van der Waals surface area contributed by atoms with Crippen molar-refractivity contribution in [1.82, 2.24) is 34.1 Å². The van der Waals surface area contributed by atoms with Gasteiger partial charge in [0.15, 0.2) is 23.6 Å². The van der Waals surface area contributed by atoms with Gasteiger partial charge in [-0.3, -0.25) is 18.9 Å². The smallest absolute Gasteiger partial charge is 0.325 e. The molecule has 3 fully saturated rings. The van der Waals surface area contributed by atoms with Crippen molar-refractivity contribution in [3.05, 3.63) is 35.3 Å². The first kappa shape index (κ1) is 30.2. The number of nitrogens with two attached hydrogens (primary N) is 2. The first-order valence-corrected chi connectivity index (χ1v) is 18.1. The number of hydrogen-bond donors (Lipinski definition) is 5. The number of aromatic nitrogens is 7. The normalized spacial score (nSPS) is 36.6. The van der Waals surface area contributed by atoms with Crippen LogP contribution >= 0.6 is 13.4 Å². The predicted molar refractivity (Wildman–Crippen MR) is 157 cm³/mol. The number of ether oxygens (including phenoxy) is 2. The Balaban J connectivity index is 1.21. The van der Waals surface area contributed by atoms with Crippen molar-refractivity contribution in [3.63, 3.8) is 0 Å². The van der Waals surface area contributed by atoms with E-state index in [9.17, 15) is 14.6 Å². The van der Waals surface area contributed by atoms with Crippen molar-refractivity contribution in [3.8, 4) is 0 Å². The highest BCUT2D eigenvalue weighted by atomic mass is 32.5. The standard InChI is InChI=1S/C21H24FN9O9P2S2/c22-12-10-4-36-41(33,43)39-14-9(30-2-1-8-16(23)25-6-26-17(8)30)3-35-11(14)5-37-42(34,44)40-15(12)20(38-10)31-7-27-13-18(31)28-21(24)29-19(13)32/h1-2,6-7,9-12,14-15,20H,3-5H2,(H,33,43)(H,34,44)(H2,23,25,26)(H3,24,28,29,32)/t9?,10-,11-,12-,14+,15-,20-,41?,42?/m1/s1. The average Bonchev–Trinajstić information content (AvgIpc) is 3.72. The summed E-state index contributed by atoms with van der Waals surface area (Å²) in [6.07, 6.45) is -4.11. The maximum Gasteiger partial charge on any atom is 0.325 e. The zero-order chi connectivity index (χ0) is 31.0. The summed E-state index contributed by atoms with van der Waals surface area (Å²) >= 11 is 10.5. The van der Waals surface area contributed by atoms with E-state index in [1.807, 2.05) is 0 Å². The van der Waals surface area contributed by atoms with Crippen molar-refractivity contribution < 1.29 is 41.7 Å².